The van der Waals surface area contributed by atoms with E-state index in [-0.39, 0.29) is 17.8 Å². The summed E-state index contributed by atoms with van der Waals surface area (Å²) in [5.74, 6) is 0.285. The van der Waals surface area contributed by atoms with Crippen LogP contribution in [0.15, 0.2) is 18.2 Å². The SMILES string of the molecule is CCCCCCCCCCC(COO)SCC(=O)Nc1ccc(Cl)c(C)c1. The van der Waals surface area contributed by atoms with Gasteiger partial charge in [-0.3, -0.25) is 10.1 Å². The van der Waals surface area contributed by atoms with Crippen LogP contribution in [0.25, 0.3) is 0 Å². The van der Waals surface area contributed by atoms with Crippen molar-refractivity contribution in [2.75, 3.05) is 17.7 Å². The molecular weight excluding hydrogens is 382 g/mol. The third kappa shape index (κ3) is 11.6. The summed E-state index contributed by atoms with van der Waals surface area (Å²) in [5, 5.41) is 12.5. The van der Waals surface area contributed by atoms with Crippen LogP contribution < -0.4 is 5.32 Å². The topological polar surface area (TPSA) is 58.6 Å². The molecule has 1 aromatic carbocycles. The number of hydrogen-bond donors (Lipinski definition) is 2. The molecule has 6 heteroatoms. The van der Waals surface area contributed by atoms with Gasteiger partial charge in [-0.1, -0.05) is 69.9 Å². The van der Waals surface area contributed by atoms with E-state index >= 15 is 0 Å². The van der Waals surface area contributed by atoms with Crippen molar-refractivity contribution in [3.05, 3.63) is 28.8 Å². The number of benzene rings is 1. The summed E-state index contributed by atoms with van der Waals surface area (Å²) in [6.45, 7) is 4.40. The standard InChI is InChI=1S/C21H34ClNO3S/c1-3-4-5-6-7-8-9-10-11-19(15-26-25)27-16-21(24)23-18-12-13-20(22)17(2)14-18/h12-14,19,25H,3-11,15-16H2,1-2H3,(H,23,24). The second-order valence-electron chi connectivity index (χ2n) is 7.00. The molecule has 0 heterocycles. The van der Waals surface area contributed by atoms with Crippen LogP contribution in [0.3, 0.4) is 0 Å². The van der Waals surface area contributed by atoms with Crippen LogP contribution >= 0.6 is 23.4 Å². The lowest BCUT2D eigenvalue weighted by atomic mass is 10.1. The lowest BCUT2D eigenvalue weighted by molar-refractivity contribution is -0.241. The average Bonchev–Trinajstić information content (AvgIpc) is 2.65. The highest BCUT2D eigenvalue weighted by molar-refractivity contribution is 8.00. The highest BCUT2D eigenvalue weighted by Gasteiger charge is 2.13. The molecule has 27 heavy (non-hydrogen) atoms. The summed E-state index contributed by atoms with van der Waals surface area (Å²) in [4.78, 5) is 16.5. The van der Waals surface area contributed by atoms with Crippen molar-refractivity contribution in [3.8, 4) is 0 Å². The zero-order valence-electron chi connectivity index (χ0n) is 16.6. The molecule has 1 rings (SSSR count). The van der Waals surface area contributed by atoms with Crippen molar-refractivity contribution in [2.24, 2.45) is 0 Å². The first-order valence-electron chi connectivity index (χ1n) is 10.0. The molecule has 1 amide bonds. The molecule has 0 spiro atoms. The Morgan fingerprint density at radius 2 is 1.85 bits per heavy atom. The molecule has 154 valence electrons. The summed E-state index contributed by atoms with van der Waals surface area (Å²) in [7, 11) is 0. The number of unbranched alkanes of at least 4 members (excludes halogenated alkanes) is 7. The van der Waals surface area contributed by atoms with Crippen molar-refractivity contribution < 1.29 is 14.9 Å². The summed E-state index contributed by atoms with van der Waals surface area (Å²) in [6, 6.07) is 5.44. The number of hydrogen-bond acceptors (Lipinski definition) is 4. The van der Waals surface area contributed by atoms with Gasteiger partial charge in [0.05, 0.1) is 12.4 Å². The molecule has 0 fully saturated rings. The summed E-state index contributed by atoms with van der Waals surface area (Å²) in [6.07, 6.45) is 11.1. The Morgan fingerprint density at radius 1 is 1.19 bits per heavy atom. The third-order valence-corrected chi connectivity index (χ3v) is 6.23. The Balaban J connectivity index is 2.22. The second kappa shape index (κ2) is 15.2. The van der Waals surface area contributed by atoms with Gasteiger partial charge in [0.2, 0.25) is 5.91 Å². The van der Waals surface area contributed by atoms with Crippen LogP contribution in [0, 0.1) is 6.92 Å². The maximum absolute atomic E-state index is 12.2. The van der Waals surface area contributed by atoms with Gasteiger partial charge >= 0.3 is 0 Å². The largest absolute Gasteiger partial charge is 0.325 e. The van der Waals surface area contributed by atoms with Gasteiger partial charge in [0, 0.05) is 16.0 Å². The van der Waals surface area contributed by atoms with E-state index in [9.17, 15) is 4.79 Å². The number of anilines is 1. The van der Waals surface area contributed by atoms with Gasteiger partial charge in [0.25, 0.3) is 0 Å². The van der Waals surface area contributed by atoms with E-state index in [1.807, 2.05) is 13.0 Å². The number of halogens is 1. The molecule has 0 aliphatic rings. The average molecular weight is 416 g/mol. The summed E-state index contributed by atoms with van der Waals surface area (Å²) < 4.78 is 0. The van der Waals surface area contributed by atoms with Crippen LogP contribution in [0.1, 0.15) is 70.3 Å². The maximum atomic E-state index is 12.2. The Hall–Kier alpha value is -0.750. The zero-order chi connectivity index (χ0) is 19.9. The molecule has 1 atom stereocenters. The number of carbonyl (C=O) groups is 1. The first kappa shape index (κ1) is 24.3. The molecule has 0 aliphatic carbocycles. The molecule has 0 saturated heterocycles. The van der Waals surface area contributed by atoms with Crippen LogP contribution in [-0.4, -0.2) is 28.8 Å². The Bertz CT molecular complexity index is 542. The van der Waals surface area contributed by atoms with Gasteiger partial charge in [-0.05, 0) is 37.1 Å². The quantitative estimate of drug-likeness (QED) is 0.190. The number of carbonyl (C=O) groups excluding carboxylic acids is 1. The van der Waals surface area contributed by atoms with E-state index in [1.54, 1.807) is 12.1 Å². The number of nitrogens with one attached hydrogen (secondary N) is 1. The van der Waals surface area contributed by atoms with Gasteiger partial charge in [0.15, 0.2) is 0 Å². The summed E-state index contributed by atoms with van der Waals surface area (Å²) in [5.41, 5.74) is 1.68. The lowest BCUT2D eigenvalue weighted by Crippen LogP contribution is -2.19. The normalized spacial score (nSPS) is 12.1. The number of rotatable bonds is 15. The fourth-order valence-corrected chi connectivity index (χ4v) is 3.98. The zero-order valence-corrected chi connectivity index (χ0v) is 18.2. The van der Waals surface area contributed by atoms with Gasteiger partial charge < -0.3 is 5.32 Å². The maximum Gasteiger partial charge on any atom is 0.234 e. The van der Waals surface area contributed by atoms with E-state index in [0.29, 0.717) is 10.8 Å². The fraction of sp³-hybridized carbons (Fsp3) is 0.667. The Labute approximate surface area is 173 Å². The molecule has 1 unspecified atom stereocenters. The minimum Gasteiger partial charge on any atom is -0.325 e. The Morgan fingerprint density at radius 3 is 2.48 bits per heavy atom. The van der Waals surface area contributed by atoms with Crippen LogP contribution in [-0.2, 0) is 9.68 Å². The van der Waals surface area contributed by atoms with Crippen molar-refractivity contribution in [2.45, 2.75) is 76.9 Å². The molecule has 4 nitrogen and oxygen atoms in total. The van der Waals surface area contributed by atoms with Crippen molar-refractivity contribution in [1.29, 1.82) is 0 Å². The minimum atomic E-state index is -0.0550. The fourth-order valence-electron chi connectivity index (χ4n) is 2.92. The second-order valence-corrected chi connectivity index (χ2v) is 8.70. The lowest BCUT2D eigenvalue weighted by Gasteiger charge is -2.15. The van der Waals surface area contributed by atoms with Crippen molar-refractivity contribution in [3.63, 3.8) is 0 Å². The Kier molecular flexibility index (Phi) is 13.7. The monoisotopic (exact) mass is 415 g/mol. The van der Waals surface area contributed by atoms with Crippen LogP contribution in [0.4, 0.5) is 5.69 Å². The highest BCUT2D eigenvalue weighted by Crippen LogP contribution is 2.22. The molecule has 0 saturated carbocycles. The smallest absolute Gasteiger partial charge is 0.234 e. The van der Waals surface area contributed by atoms with Crippen molar-refractivity contribution >= 4 is 35.0 Å². The van der Waals surface area contributed by atoms with E-state index < -0.39 is 0 Å². The minimum absolute atomic E-state index is 0.0550. The van der Waals surface area contributed by atoms with Crippen LogP contribution in [0.5, 0.6) is 0 Å². The number of amides is 1. The van der Waals surface area contributed by atoms with Gasteiger partial charge in [0.1, 0.15) is 0 Å². The van der Waals surface area contributed by atoms with E-state index in [1.165, 1.54) is 56.7 Å². The first-order chi connectivity index (χ1) is 13.1. The van der Waals surface area contributed by atoms with E-state index in [2.05, 4.69) is 17.1 Å². The molecule has 2 N–H and O–H groups in total. The number of thioether (sulfide) groups is 1. The molecule has 1 aromatic rings. The molecule has 0 bridgehead atoms. The predicted octanol–water partition coefficient (Wildman–Crippen LogP) is 6.71. The highest BCUT2D eigenvalue weighted by atomic mass is 35.5. The molecule has 0 aliphatic heterocycles. The first-order valence-corrected chi connectivity index (χ1v) is 11.4. The van der Waals surface area contributed by atoms with Crippen LogP contribution in [0.2, 0.25) is 5.02 Å². The van der Waals surface area contributed by atoms with Gasteiger partial charge in [-0.25, -0.2) is 4.89 Å². The van der Waals surface area contributed by atoms with E-state index in [4.69, 9.17) is 16.9 Å². The summed E-state index contributed by atoms with van der Waals surface area (Å²) >= 11 is 7.54. The molecule has 0 aromatic heterocycles. The van der Waals surface area contributed by atoms with Crippen molar-refractivity contribution in [1.82, 2.24) is 0 Å². The van der Waals surface area contributed by atoms with Gasteiger partial charge in [-0.2, -0.15) is 0 Å². The predicted molar refractivity (Wildman–Crippen MR) is 117 cm³/mol. The molecule has 0 radical (unpaired) electrons. The molecular formula is C21H34ClNO3S. The number of aryl methyl sites for hydroxylation is 1. The van der Waals surface area contributed by atoms with E-state index in [0.717, 1.165) is 24.1 Å². The third-order valence-electron chi connectivity index (χ3n) is 4.53. The van der Waals surface area contributed by atoms with Gasteiger partial charge in [-0.15, -0.1) is 11.8 Å².